The van der Waals surface area contributed by atoms with Gasteiger partial charge in [0.15, 0.2) is 6.10 Å². The van der Waals surface area contributed by atoms with E-state index in [-0.39, 0.29) is 31.1 Å². The van der Waals surface area contributed by atoms with Crippen LogP contribution in [0.25, 0.3) is 0 Å². The molecule has 0 heterocycles. The summed E-state index contributed by atoms with van der Waals surface area (Å²) in [7, 11) is 0. The predicted octanol–water partition coefficient (Wildman–Crippen LogP) is 22.9. The zero-order chi connectivity index (χ0) is 55.7. The molecule has 77 heavy (non-hydrogen) atoms. The standard InChI is InChI=1S/C71H126O6/c1-4-7-10-13-16-19-22-25-26-27-28-29-30-31-32-33-34-35-36-37-38-39-40-41-42-43-44-47-49-52-55-58-61-64-70(73)76-67-68(77-71(74)65-62-59-56-53-50-46-24-21-18-15-12-9-6-3)66-75-69(72)63-60-57-54-51-48-45-23-20-17-14-11-8-5-2/h7,10,12,15-16,19,21,24-26,28-29,68H,4-6,8-9,11,13-14,17-18,20,22-23,27,30-67H2,1-3H3/b10-7-,15-12-,19-16-,24-21-,26-25-,29-28-. The van der Waals surface area contributed by atoms with Gasteiger partial charge in [0.05, 0.1) is 0 Å². The maximum atomic E-state index is 12.9. The van der Waals surface area contributed by atoms with Gasteiger partial charge in [-0.1, -0.05) is 312 Å². The van der Waals surface area contributed by atoms with E-state index in [0.29, 0.717) is 19.3 Å². The Hall–Kier alpha value is -3.15. The molecule has 0 aromatic heterocycles. The van der Waals surface area contributed by atoms with Gasteiger partial charge in [-0.05, 0) is 83.5 Å². The molecule has 0 radical (unpaired) electrons. The molecular weight excluding hydrogens is 949 g/mol. The third-order valence-electron chi connectivity index (χ3n) is 14.7. The highest BCUT2D eigenvalue weighted by Gasteiger charge is 2.19. The van der Waals surface area contributed by atoms with Crippen molar-refractivity contribution < 1.29 is 28.6 Å². The molecule has 6 nitrogen and oxygen atoms in total. The van der Waals surface area contributed by atoms with E-state index < -0.39 is 6.10 Å². The van der Waals surface area contributed by atoms with Crippen molar-refractivity contribution in [1.29, 1.82) is 0 Å². The maximum Gasteiger partial charge on any atom is 0.306 e. The molecule has 0 N–H and O–H groups in total. The van der Waals surface area contributed by atoms with Crippen LogP contribution in [0.4, 0.5) is 0 Å². The van der Waals surface area contributed by atoms with E-state index >= 15 is 0 Å². The topological polar surface area (TPSA) is 78.9 Å². The summed E-state index contributed by atoms with van der Waals surface area (Å²) in [4.78, 5) is 38.2. The maximum absolute atomic E-state index is 12.9. The molecule has 0 saturated carbocycles. The second kappa shape index (κ2) is 65.4. The van der Waals surface area contributed by atoms with Gasteiger partial charge in [0, 0.05) is 19.3 Å². The molecule has 6 heteroatoms. The summed E-state index contributed by atoms with van der Waals surface area (Å²) in [6.07, 6.45) is 85.1. The van der Waals surface area contributed by atoms with E-state index in [1.54, 1.807) is 0 Å². The molecule has 0 aliphatic heterocycles. The highest BCUT2D eigenvalue weighted by molar-refractivity contribution is 5.71. The fraction of sp³-hybridized carbons (Fsp3) is 0.789. The van der Waals surface area contributed by atoms with E-state index in [9.17, 15) is 14.4 Å². The number of allylic oxidation sites excluding steroid dienone is 12. The first kappa shape index (κ1) is 73.8. The molecular formula is C71H126O6. The second-order valence-corrected chi connectivity index (χ2v) is 22.4. The van der Waals surface area contributed by atoms with Crippen molar-refractivity contribution in [1.82, 2.24) is 0 Å². The number of carbonyl (C=O) groups is 3. The molecule has 0 aromatic rings. The number of rotatable bonds is 61. The molecule has 446 valence electrons. The summed E-state index contributed by atoms with van der Waals surface area (Å²) in [5.74, 6) is -0.871. The van der Waals surface area contributed by atoms with Crippen molar-refractivity contribution >= 4 is 17.9 Å². The van der Waals surface area contributed by atoms with E-state index in [2.05, 4.69) is 93.7 Å². The van der Waals surface area contributed by atoms with Crippen molar-refractivity contribution in [3.63, 3.8) is 0 Å². The fourth-order valence-electron chi connectivity index (χ4n) is 9.71. The van der Waals surface area contributed by atoms with Gasteiger partial charge < -0.3 is 14.2 Å². The molecule has 0 saturated heterocycles. The van der Waals surface area contributed by atoms with Gasteiger partial charge >= 0.3 is 17.9 Å². The minimum atomic E-state index is -0.778. The number of esters is 3. The van der Waals surface area contributed by atoms with Gasteiger partial charge in [-0.2, -0.15) is 0 Å². The predicted molar refractivity (Wildman–Crippen MR) is 335 cm³/mol. The molecule has 0 aliphatic carbocycles. The highest BCUT2D eigenvalue weighted by Crippen LogP contribution is 2.18. The summed E-state index contributed by atoms with van der Waals surface area (Å²) >= 11 is 0. The lowest BCUT2D eigenvalue weighted by Crippen LogP contribution is -2.30. The van der Waals surface area contributed by atoms with E-state index in [4.69, 9.17) is 14.2 Å². The quantitative estimate of drug-likeness (QED) is 0.0261. The molecule has 0 fully saturated rings. The molecule has 0 spiro atoms. The largest absolute Gasteiger partial charge is 0.462 e. The van der Waals surface area contributed by atoms with Crippen molar-refractivity contribution in [2.45, 2.75) is 348 Å². The number of ether oxygens (including phenoxy) is 3. The van der Waals surface area contributed by atoms with Crippen LogP contribution in [-0.4, -0.2) is 37.2 Å². The van der Waals surface area contributed by atoms with Gasteiger partial charge in [0.25, 0.3) is 0 Å². The first-order valence-corrected chi connectivity index (χ1v) is 33.4. The van der Waals surface area contributed by atoms with Crippen molar-refractivity contribution in [3.05, 3.63) is 72.9 Å². The monoisotopic (exact) mass is 1070 g/mol. The Labute approximate surface area is 478 Å². The highest BCUT2D eigenvalue weighted by atomic mass is 16.6. The minimum absolute atomic E-state index is 0.0753. The molecule has 0 aromatic carbocycles. The average molecular weight is 1080 g/mol. The zero-order valence-corrected chi connectivity index (χ0v) is 51.2. The molecule has 0 amide bonds. The normalized spacial score (nSPS) is 12.5. The molecule has 0 rings (SSSR count). The van der Waals surface area contributed by atoms with Gasteiger partial charge in [-0.3, -0.25) is 14.4 Å². The number of unbranched alkanes of at least 4 members (excludes halogenated alkanes) is 38. The summed E-state index contributed by atoms with van der Waals surface area (Å²) in [6.45, 7) is 6.49. The fourth-order valence-corrected chi connectivity index (χ4v) is 9.71. The molecule has 1 atom stereocenters. The van der Waals surface area contributed by atoms with Crippen LogP contribution in [0, 0.1) is 0 Å². The van der Waals surface area contributed by atoms with Crippen LogP contribution in [-0.2, 0) is 28.6 Å². The molecule has 1 unspecified atom stereocenters. The van der Waals surface area contributed by atoms with Gasteiger partial charge in [-0.25, -0.2) is 0 Å². The Balaban J connectivity index is 4.08. The van der Waals surface area contributed by atoms with Crippen molar-refractivity contribution in [2.75, 3.05) is 13.2 Å². The Morgan fingerprint density at radius 1 is 0.273 bits per heavy atom. The Kier molecular flexibility index (Phi) is 62.7. The number of hydrogen-bond acceptors (Lipinski definition) is 6. The summed E-state index contributed by atoms with van der Waals surface area (Å²) in [6, 6.07) is 0. The van der Waals surface area contributed by atoms with Crippen LogP contribution >= 0.6 is 0 Å². The number of carbonyl (C=O) groups excluding carboxylic acids is 3. The van der Waals surface area contributed by atoms with E-state index in [0.717, 1.165) is 116 Å². The molecule has 0 aliphatic rings. The lowest BCUT2D eigenvalue weighted by molar-refractivity contribution is -0.167. The van der Waals surface area contributed by atoms with Crippen LogP contribution in [0.3, 0.4) is 0 Å². The van der Waals surface area contributed by atoms with Crippen LogP contribution in [0.15, 0.2) is 72.9 Å². The first-order valence-electron chi connectivity index (χ1n) is 33.4. The van der Waals surface area contributed by atoms with Crippen molar-refractivity contribution in [2.24, 2.45) is 0 Å². The zero-order valence-electron chi connectivity index (χ0n) is 51.2. The average Bonchev–Trinajstić information content (AvgIpc) is 3.43. The Bertz CT molecular complexity index is 1420. The molecule has 0 bridgehead atoms. The van der Waals surface area contributed by atoms with Gasteiger partial charge in [0.2, 0.25) is 0 Å². The van der Waals surface area contributed by atoms with E-state index in [1.807, 2.05) is 0 Å². The van der Waals surface area contributed by atoms with Gasteiger partial charge in [0.1, 0.15) is 13.2 Å². The van der Waals surface area contributed by atoms with Crippen LogP contribution in [0.2, 0.25) is 0 Å². The first-order chi connectivity index (χ1) is 38.0. The third-order valence-corrected chi connectivity index (χ3v) is 14.7. The number of hydrogen-bond donors (Lipinski definition) is 0. The lowest BCUT2D eigenvalue weighted by Gasteiger charge is -2.18. The minimum Gasteiger partial charge on any atom is -0.462 e. The Morgan fingerprint density at radius 2 is 0.532 bits per heavy atom. The summed E-state index contributed by atoms with van der Waals surface area (Å²) in [5, 5.41) is 0. The summed E-state index contributed by atoms with van der Waals surface area (Å²) in [5.41, 5.74) is 0. The SMILES string of the molecule is CC/C=C\C/C=C\C/C=C\C/C=C\CCCCCCCCCCCCCCCCCCCCCCC(=O)OCC(COC(=O)CCCCCCCCCCCCCCC)OC(=O)CCCCCCC/C=C\C/C=C\CCC. The van der Waals surface area contributed by atoms with Gasteiger partial charge in [-0.15, -0.1) is 0 Å². The summed E-state index contributed by atoms with van der Waals surface area (Å²) < 4.78 is 16.9. The lowest BCUT2D eigenvalue weighted by atomic mass is 10.0. The third kappa shape index (κ3) is 63.6. The van der Waals surface area contributed by atoms with Crippen LogP contribution < -0.4 is 0 Å². The van der Waals surface area contributed by atoms with Crippen molar-refractivity contribution in [3.8, 4) is 0 Å². The van der Waals surface area contributed by atoms with E-state index in [1.165, 1.54) is 186 Å². The second-order valence-electron chi connectivity index (χ2n) is 22.4. The van der Waals surface area contributed by atoms with Crippen LogP contribution in [0.5, 0.6) is 0 Å². The van der Waals surface area contributed by atoms with Crippen LogP contribution in [0.1, 0.15) is 342 Å². The smallest absolute Gasteiger partial charge is 0.306 e. The Morgan fingerprint density at radius 3 is 0.844 bits per heavy atom.